The van der Waals surface area contributed by atoms with Gasteiger partial charge in [0.15, 0.2) is 0 Å². The summed E-state index contributed by atoms with van der Waals surface area (Å²) in [7, 11) is 1.27. The van der Waals surface area contributed by atoms with Crippen molar-refractivity contribution < 1.29 is 19.1 Å². The number of carbonyl (C=O) groups is 2. The van der Waals surface area contributed by atoms with Crippen LogP contribution in [0.1, 0.15) is 12.8 Å². The first-order chi connectivity index (χ1) is 14.0. The molecule has 0 bridgehead atoms. The molecule has 0 saturated heterocycles. The molecule has 1 amide bonds. The van der Waals surface area contributed by atoms with Crippen LogP contribution in [0.2, 0.25) is 0 Å². The van der Waals surface area contributed by atoms with Crippen LogP contribution in [-0.4, -0.2) is 29.6 Å². The highest BCUT2D eigenvalue weighted by atomic mass is 16.5. The summed E-state index contributed by atoms with van der Waals surface area (Å²) in [4.78, 5) is 23.2. The number of methoxy groups -OCH3 is 1. The van der Waals surface area contributed by atoms with Crippen molar-refractivity contribution in [1.82, 2.24) is 4.57 Å². The molecule has 0 fully saturated rings. The van der Waals surface area contributed by atoms with Crippen molar-refractivity contribution in [2.45, 2.75) is 18.9 Å². The second-order valence-corrected chi connectivity index (χ2v) is 6.43. The van der Waals surface area contributed by atoms with E-state index in [0.29, 0.717) is 11.4 Å². The van der Waals surface area contributed by atoms with Gasteiger partial charge in [-0.05, 0) is 67.1 Å². The zero-order valence-electron chi connectivity index (χ0n) is 16.1. The molecular formula is C22H23N3O4. The number of nitrogens with two attached hydrogens (primary N) is 1. The van der Waals surface area contributed by atoms with Gasteiger partial charge in [0.25, 0.3) is 0 Å². The average molecular weight is 393 g/mol. The van der Waals surface area contributed by atoms with Crippen LogP contribution >= 0.6 is 0 Å². The molecule has 7 heteroatoms. The van der Waals surface area contributed by atoms with Crippen LogP contribution in [0.4, 0.5) is 5.69 Å². The van der Waals surface area contributed by atoms with Gasteiger partial charge in [-0.15, -0.1) is 0 Å². The zero-order valence-corrected chi connectivity index (χ0v) is 16.1. The number of nitrogens with one attached hydrogen (secondary N) is 1. The molecular weight excluding hydrogens is 370 g/mol. The first-order valence-corrected chi connectivity index (χ1v) is 9.20. The Hall–Kier alpha value is -3.58. The average Bonchev–Trinajstić information content (AvgIpc) is 3.28. The predicted octanol–water partition coefficient (Wildman–Crippen LogP) is 3.49. The SMILES string of the molecule is COC(=O)[C@@H](N)CCC(=O)Nc1ccc(Oc2ccc(-n3cccc3)cc2)cc1. The van der Waals surface area contributed by atoms with Crippen LogP contribution in [-0.2, 0) is 14.3 Å². The molecule has 3 rings (SSSR count). The van der Waals surface area contributed by atoms with E-state index in [-0.39, 0.29) is 18.7 Å². The van der Waals surface area contributed by atoms with Gasteiger partial charge in [0.2, 0.25) is 5.91 Å². The van der Waals surface area contributed by atoms with E-state index in [1.165, 1.54) is 7.11 Å². The third kappa shape index (κ3) is 5.70. The number of aromatic nitrogens is 1. The fourth-order valence-electron chi connectivity index (χ4n) is 2.71. The number of anilines is 1. The number of benzene rings is 2. The largest absolute Gasteiger partial charge is 0.468 e. The van der Waals surface area contributed by atoms with Crippen LogP contribution in [0.25, 0.3) is 5.69 Å². The van der Waals surface area contributed by atoms with Crippen LogP contribution in [0.15, 0.2) is 73.1 Å². The highest BCUT2D eigenvalue weighted by molar-refractivity contribution is 5.91. The minimum absolute atomic E-state index is 0.127. The Morgan fingerprint density at radius 3 is 2.17 bits per heavy atom. The highest BCUT2D eigenvalue weighted by Gasteiger charge is 2.15. The highest BCUT2D eigenvalue weighted by Crippen LogP contribution is 2.24. The van der Waals surface area contributed by atoms with Gasteiger partial charge >= 0.3 is 5.97 Å². The normalized spacial score (nSPS) is 11.5. The lowest BCUT2D eigenvalue weighted by Crippen LogP contribution is -2.32. The van der Waals surface area contributed by atoms with Gasteiger partial charge in [-0.2, -0.15) is 0 Å². The molecule has 0 aliphatic heterocycles. The molecule has 0 aliphatic carbocycles. The summed E-state index contributed by atoms with van der Waals surface area (Å²) in [5, 5.41) is 2.76. The fourth-order valence-corrected chi connectivity index (χ4v) is 2.71. The molecule has 150 valence electrons. The van der Waals surface area contributed by atoms with Gasteiger partial charge in [-0.25, -0.2) is 0 Å². The van der Waals surface area contributed by atoms with E-state index in [4.69, 9.17) is 10.5 Å². The minimum Gasteiger partial charge on any atom is -0.468 e. The molecule has 1 aromatic heterocycles. The molecule has 0 spiro atoms. The van der Waals surface area contributed by atoms with E-state index >= 15 is 0 Å². The second-order valence-electron chi connectivity index (χ2n) is 6.43. The number of nitrogens with zero attached hydrogens (tertiary/aromatic N) is 1. The van der Waals surface area contributed by atoms with Crippen molar-refractivity contribution in [1.29, 1.82) is 0 Å². The Labute approximate surface area is 169 Å². The Balaban J connectivity index is 1.51. The van der Waals surface area contributed by atoms with Crippen LogP contribution < -0.4 is 15.8 Å². The summed E-state index contributed by atoms with van der Waals surface area (Å²) in [6.45, 7) is 0. The van der Waals surface area contributed by atoms with Gasteiger partial charge in [0.1, 0.15) is 17.5 Å². The lowest BCUT2D eigenvalue weighted by Gasteiger charge is -2.10. The third-order valence-corrected chi connectivity index (χ3v) is 4.30. The zero-order chi connectivity index (χ0) is 20.6. The van der Waals surface area contributed by atoms with Gasteiger partial charge in [-0.3, -0.25) is 9.59 Å². The topological polar surface area (TPSA) is 95.6 Å². The summed E-state index contributed by atoms with van der Waals surface area (Å²) in [5.41, 5.74) is 7.31. The predicted molar refractivity (Wildman–Crippen MR) is 110 cm³/mol. The molecule has 1 heterocycles. The van der Waals surface area contributed by atoms with Crippen molar-refractivity contribution >= 4 is 17.6 Å². The van der Waals surface area contributed by atoms with Crippen LogP contribution in [0.3, 0.4) is 0 Å². The minimum atomic E-state index is -0.801. The van der Waals surface area contributed by atoms with E-state index in [0.717, 1.165) is 11.4 Å². The first-order valence-electron chi connectivity index (χ1n) is 9.20. The Kier molecular flexibility index (Phi) is 6.65. The fraction of sp³-hybridized carbons (Fsp3) is 0.182. The molecule has 0 unspecified atom stereocenters. The Bertz CT molecular complexity index is 935. The number of ether oxygens (including phenoxy) is 2. The Morgan fingerprint density at radius 2 is 1.59 bits per heavy atom. The molecule has 1 atom stereocenters. The molecule has 3 aromatic rings. The van der Waals surface area contributed by atoms with Crippen molar-refractivity contribution in [3.63, 3.8) is 0 Å². The molecule has 3 N–H and O–H groups in total. The van der Waals surface area contributed by atoms with E-state index in [9.17, 15) is 9.59 Å². The van der Waals surface area contributed by atoms with E-state index in [1.807, 2.05) is 53.4 Å². The van der Waals surface area contributed by atoms with Crippen molar-refractivity contribution in [2.24, 2.45) is 5.73 Å². The van der Waals surface area contributed by atoms with Crippen molar-refractivity contribution in [3.8, 4) is 17.2 Å². The van der Waals surface area contributed by atoms with Crippen LogP contribution in [0.5, 0.6) is 11.5 Å². The van der Waals surface area contributed by atoms with Gasteiger partial charge < -0.3 is 25.1 Å². The number of esters is 1. The van der Waals surface area contributed by atoms with E-state index in [1.54, 1.807) is 24.3 Å². The number of hydrogen-bond acceptors (Lipinski definition) is 5. The second kappa shape index (κ2) is 9.57. The first kappa shape index (κ1) is 20.2. The summed E-state index contributed by atoms with van der Waals surface area (Å²) >= 11 is 0. The maximum Gasteiger partial charge on any atom is 0.322 e. The number of hydrogen-bond donors (Lipinski definition) is 2. The number of carbonyl (C=O) groups excluding carboxylic acids is 2. The molecule has 7 nitrogen and oxygen atoms in total. The maximum atomic E-state index is 12.0. The molecule has 0 aliphatic rings. The van der Waals surface area contributed by atoms with E-state index < -0.39 is 12.0 Å². The molecule has 0 radical (unpaired) electrons. The number of rotatable bonds is 8. The van der Waals surface area contributed by atoms with Gasteiger partial charge in [-0.1, -0.05) is 0 Å². The van der Waals surface area contributed by atoms with Gasteiger partial charge in [0, 0.05) is 30.2 Å². The smallest absolute Gasteiger partial charge is 0.322 e. The quantitative estimate of drug-likeness (QED) is 0.571. The molecule has 0 saturated carbocycles. The standard InChI is InChI=1S/C22H23N3O4/c1-28-22(27)20(23)12-13-21(26)24-16-4-8-18(9-5-16)29-19-10-6-17(7-11-19)25-14-2-3-15-25/h2-11,14-15,20H,12-13,23H2,1H3,(H,24,26)/t20-/m0/s1. The monoisotopic (exact) mass is 393 g/mol. The van der Waals surface area contributed by atoms with E-state index in [2.05, 4.69) is 10.1 Å². The van der Waals surface area contributed by atoms with Crippen molar-refractivity contribution in [3.05, 3.63) is 73.1 Å². The number of amides is 1. The lowest BCUT2D eigenvalue weighted by atomic mass is 10.1. The van der Waals surface area contributed by atoms with Gasteiger partial charge in [0.05, 0.1) is 7.11 Å². The summed E-state index contributed by atoms with van der Waals surface area (Å²) in [6.07, 6.45) is 4.30. The van der Waals surface area contributed by atoms with Crippen LogP contribution in [0, 0.1) is 0 Å². The van der Waals surface area contributed by atoms with Crippen molar-refractivity contribution in [2.75, 3.05) is 12.4 Å². The summed E-state index contributed by atoms with van der Waals surface area (Å²) < 4.78 is 12.4. The molecule has 29 heavy (non-hydrogen) atoms. The lowest BCUT2D eigenvalue weighted by molar-refractivity contribution is -0.142. The maximum absolute atomic E-state index is 12.0. The molecule has 2 aromatic carbocycles. The summed E-state index contributed by atoms with van der Waals surface area (Å²) in [5.74, 6) is 0.623. The third-order valence-electron chi connectivity index (χ3n) is 4.30. The Morgan fingerprint density at radius 1 is 1.00 bits per heavy atom. The summed E-state index contributed by atoms with van der Waals surface area (Å²) in [6, 6.07) is 17.9.